The predicted octanol–water partition coefficient (Wildman–Crippen LogP) is 4.08. The number of fused-ring (bicyclic) bond motifs is 1. The average Bonchev–Trinajstić information content (AvgIpc) is 2.82. The first kappa shape index (κ1) is 16.5. The van der Waals surface area contributed by atoms with Gasteiger partial charge in [-0.15, -0.1) is 0 Å². The van der Waals surface area contributed by atoms with Crippen molar-refractivity contribution in [2.45, 2.75) is 52.9 Å². The van der Waals surface area contributed by atoms with Crippen LogP contribution in [0.1, 0.15) is 52.9 Å². The van der Waals surface area contributed by atoms with Gasteiger partial charge in [0.25, 0.3) is 0 Å². The summed E-state index contributed by atoms with van der Waals surface area (Å²) >= 11 is 0. The summed E-state index contributed by atoms with van der Waals surface area (Å²) < 4.78 is 5.13. The summed E-state index contributed by atoms with van der Waals surface area (Å²) in [7, 11) is 0. The molecular weight excluding hydrogens is 288 g/mol. The van der Waals surface area contributed by atoms with Gasteiger partial charge in [0.2, 0.25) is 0 Å². The lowest BCUT2D eigenvalue weighted by atomic mass is 9.51. The molecular formula is C20H28O3. The standard InChI is InChI=1S/C20H28O3/c1-12-5-7-17-14(3)18(21)9-10-20(17,4)16(12)8-6-15-13(2)11-23-19(15)22/h6,13-14,16-17H,1,5,7-11H2,2-4H3/b15-6+/t13-,14-,16-,17-,20+/m1/s1. The van der Waals surface area contributed by atoms with Gasteiger partial charge < -0.3 is 4.74 Å². The van der Waals surface area contributed by atoms with E-state index < -0.39 is 0 Å². The van der Waals surface area contributed by atoms with Gasteiger partial charge in [0.1, 0.15) is 5.78 Å². The van der Waals surface area contributed by atoms with Gasteiger partial charge in [0.05, 0.1) is 6.61 Å². The molecule has 0 spiro atoms. The molecule has 1 saturated heterocycles. The Morgan fingerprint density at radius 3 is 2.70 bits per heavy atom. The van der Waals surface area contributed by atoms with Crippen molar-refractivity contribution in [3.8, 4) is 0 Å². The molecule has 0 aromatic heterocycles. The molecule has 1 heterocycles. The molecule has 0 aromatic carbocycles. The van der Waals surface area contributed by atoms with Crippen molar-refractivity contribution in [1.29, 1.82) is 0 Å². The first-order valence-electron chi connectivity index (χ1n) is 8.92. The first-order chi connectivity index (χ1) is 10.8. The second-order valence-electron chi connectivity index (χ2n) is 8.01. The summed E-state index contributed by atoms with van der Waals surface area (Å²) in [6.45, 7) is 11.3. The van der Waals surface area contributed by atoms with Gasteiger partial charge >= 0.3 is 5.97 Å². The Morgan fingerprint density at radius 2 is 2.04 bits per heavy atom. The fourth-order valence-corrected chi connectivity index (χ4v) is 5.14. The van der Waals surface area contributed by atoms with Crippen molar-refractivity contribution in [2.75, 3.05) is 6.61 Å². The number of hydrogen-bond donors (Lipinski definition) is 0. The van der Waals surface area contributed by atoms with Crippen LogP contribution in [-0.4, -0.2) is 18.4 Å². The molecule has 0 aromatic rings. The lowest BCUT2D eigenvalue weighted by molar-refractivity contribution is -0.135. The van der Waals surface area contributed by atoms with Gasteiger partial charge in [-0.25, -0.2) is 4.79 Å². The van der Waals surface area contributed by atoms with Crippen LogP contribution in [0.4, 0.5) is 0 Å². The van der Waals surface area contributed by atoms with Gasteiger partial charge in [-0.3, -0.25) is 4.79 Å². The lowest BCUT2D eigenvalue weighted by Crippen LogP contribution is -2.48. The Morgan fingerprint density at radius 1 is 1.30 bits per heavy atom. The van der Waals surface area contributed by atoms with Crippen molar-refractivity contribution in [3.05, 3.63) is 23.8 Å². The molecule has 0 amide bonds. The third-order valence-corrected chi connectivity index (χ3v) is 6.74. The topological polar surface area (TPSA) is 43.4 Å². The number of allylic oxidation sites excluding steroid dienone is 2. The summed E-state index contributed by atoms with van der Waals surface area (Å²) in [5.74, 6) is 1.43. The van der Waals surface area contributed by atoms with Crippen LogP contribution in [0.15, 0.2) is 23.8 Å². The maximum atomic E-state index is 12.1. The van der Waals surface area contributed by atoms with Crippen LogP contribution in [0.3, 0.4) is 0 Å². The SMILES string of the molecule is C=C1CC[C@@H]2[C@@H](C)C(=O)CC[C@@]2(C)[C@@H]1C/C=C1/C(=O)OC[C@H]1C. The van der Waals surface area contributed by atoms with Crippen molar-refractivity contribution >= 4 is 11.8 Å². The smallest absolute Gasteiger partial charge is 0.334 e. The lowest BCUT2D eigenvalue weighted by Gasteiger charge is -2.53. The monoisotopic (exact) mass is 316 g/mol. The van der Waals surface area contributed by atoms with Gasteiger partial charge in [-0.1, -0.05) is 39.0 Å². The molecule has 1 aliphatic heterocycles. The van der Waals surface area contributed by atoms with Crippen molar-refractivity contribution in [2.24, 2.45) is 29.1 Å². The second-order valence-corrected chi connectivity index (χ2v) is 8.01. The van der Waals surface area contributed by atoms with Crippen LogP contribution in [0, 0.1) is 29.1 Å². The molecule has 126 valence electrons. The Labute approximate surface area is 139 Å². The third kappa shape index (κ3) is 2.68. The zero-order valence-corrected chi connectivity index (χ0v) is 14.6. The number of Topliss-reactive ketones (excluding diaryl/α,β-unsaturated/α-hetero) is 1. The van der Waals surface area contributed by atoms with Gasteiger partial charge in [0, 0.05) is 23.8 Å². The number of rotatable bonds is 2. The van der Waals surface area contributed by atoms with Gasteiger partial charge in [0.15, 0.2) is 0 Å². The van der Waals surface area contributed by atoms with Gasteiger partial charge in [-0.05, 0) is 42.9 Å². The Hall–Kier alpha value is -1.38. The number of carbonyl (C=O) groups excluding carboxylic acids is 2. The highest BCUT2D eigenvalue weighted by Crippen LogP contribution is 2.57. The fraction of sp³-hybridized carbons (Fsp3) is 0.700. The molecule has 0 radical (unpaired) electrons. The van der Waals surface area contributed by atoms with E-state index in [2.05, 4.69) is 26.5 Å². The van der Waals surface area contributed by atoms with E-state index in [4.69, 9.17) is 4.74 Å². The normalized spacial score (nSPS) is 42.7. The van der Waals surface area contributed by atoms with Crippen LogP contribution in [-0.2, 0) is 14.3 Å². The molecule has 3 heteroatoms. The summed E-state index contributed by atoms with van der Waals surface area (Å²) in [4.78, 5) is 24.0. The highest BCUT2D eigenvalue weighted by atomic mass is 16.5. The Balaban J connectivity index is 1.84. The van der Waals surface area contributed by atoms with E-state index in [1.807, 2.05) is 6.92 Å². The number of ether oxygens (including phenoxy) is 1. The Bertz CT molecular complexity index is 573. The molecule has 2 aliphatic carbocycles. The minimum atomic E-state index is -0.159. The number of esters is 1. The van der Waals surface area contributed by atoms with E-state index in [9.17, 15) is 9.59 Å². The number of hydrogen-bond acceptors (Lipinski definition) is 3. The molecule has 2 saturated carbocycles. The maximum absolute atomic E-state index is 12.1. The summed E-state index contributed by atoms with van der Waals surface area (Å²) in [5, 5.41) is 0. The summed E-state index contributed by atoms with van der Waals surface area (Å²) in [6.07, 6.45) is 6.66. The van der Waals surface area contributed by atoms with Crippen LogP contribution < -0.4 is 0 Å². The van der Waals surface area contributed by atoms with Crippen LogP contribution in [0.5, 0.6) is 0 Å². The molecule has 3 fully saturated rings. The number of cyclic esters (lactones) is 1. The zero-order valence-electron chi connectivity index (χ0n) is 14.6. The van der Waals surface area contributed by atoms with Gasteiger partial charge in [-0.2, -0.15) is 0 Å². The number of carbonyl (C=O) groups is 2. The highest BCUT2D eigenvalue weighted by molar-refractivity contribution is 5.90. The van der Waals surface area contributed by atoms with Crippen LogP contribution >= 0.6 is 0 Å². The van der Waals surface area contributed by atoms with Crippen molar-refractivity contribution in [1.82, 2.24) is 0 Å². The molecule has 5 atom stereocenters. The predicted molar refractivity (Wildman–Crippen MR) is 89.7 cm³/mol. The first-order valence-corrected chi connectivity index (χ1v) is 8.92. The average molecular weight is 316 g/mol. The van der Waals surface area contributed by atoms with E-state index in [-0.39, 0.29) is 23.2 Å². The largest absolute Gasteiger partial charge is 0.462 e. The summed E-state index contributed by atoms with van der Waals surface area (Å²) in [5.41, 5.74) is 2.25. The van der Waals surface area contributed by atoms with Crippen molar-refractivity contribution < 1.29 is 14.3 Å². The van der Waals surface area contributed by atoms with E-state index in [0.29, 0.717) is 30.6 Å². The molecule has 0 unspecified atom stereocenters. The highest BCUT2D eigenvalue weighted by Gasteiger charge is 2.50. The van der Waals surface area contributed by atoms with E-state index in [1.54, 1.807) is 0 Å². The molecule has 3 aliphatic rings. The quantitative estimate of drug-likeness (QED) is 0.438. The molecule has 0 bridgehead atoms. The molecule has 23 heavy (non-hydrogen) atoms. The zero-order chi connectivity index (χ0) is 16.8. The van der Waals surface area contributed by atoms with E-state index >= 15 is 0 Å². The van der Waals surface area contributed by atoms with Crippen LogP contribution in [0.25, 0.3) is 0 Å². The second kappa shape index (κ2) is 5.92. The Kier molecular flexibility index (Phi) is 4.24. The molecule has 3 rings (SSSR count). The maximum Gasteiger partial charge on any atom is 0.334 e. The number of ketones is 1. The minimum Gasteiger partial charge on any atom is -0.462 e. The fourth-order valence-electron chi connectivity index (χ4n) is 5.14. The minimum absolute atomic E-state index is 0.130. The van der Waals surface area contributed by atoms with Crippen molar-refractivity contribution in [3.63, 3.8) is 0 Å². The molecule has 3 nitrogen and oxygen atoms in total. The van der Waals surface area contributed by atoms with E-state index in [1.165, 1.54) is 5.57 Å². The molecule has 0 N–H and O–H groups in total. The van der Waals surface area contributed by atoms with E-state index in [0.717, 1.165) is 31.3 Å². The third-order valence-electron chi connectivity index (χ3n) is 6.74. The van der Waals surface area contributed by atoms with Crippen LogP contribution in [0.2, 0.25) is 0 Å². The summed E-state index contributed by atoms with van der Waals surface area (Å²) in [6, 6.07) is 0.